The molecule has 0 fully saturated rings. The summed E-state index contributed by atoms with van der Waals surface area (Å²) >= 11 is 0. The van der Waals surface area contributed by atoms with Gasteiger partial charge >= 0.3 is 5.97 Å². The van der Waals surface area contributed by atoms with E-state index in [-0.39, 0.29) is 18.5 Å². The highest BCUT2D eigenvalue weighted by Gasteiger charge is 2.20. The van der Waals surface area contributed by atoms with Crippen LogP contribution in [-0.4, -0.2) is 47.4 Å². The lowest BCUT2D eigenvalue weighted by atomic mass is 10.0. The average Bonchev–Trinajstić information content (AvgIpc) is 3.54. The van der Waals surface area contributed by atoms with Crippen LogP contribution in [0, 0.1) is 0 Å². The van der Waals surface area contributed by atoms with Gasteiger partial charge in [-0.05, 0) is 83.5 Å². The molecule has 0 saturated carbocycles. The second-order valence-corrected chi connectivity index (χ2v) is 27.0. The predicted octanol–water partition coefficient (Wildman–Crippen LogP) is 26.0. The van der Waals surface area contributed by atoms with Gasteiger partial charge in [0.05, 0.1) is 25.4 Å². The Morgan fingerprint density at radius 2 is 0.598 bits per heavy atom. The first-order valence-electron chi connectivity index (χ1n) is 39.4. The molecule has 3 N–H and O–H groups in total. The van der Waals surface area contributed by atoms with E-state index in [9.17, 15) is 19.8 Å². The molecule has 0 heterocycles. The van der Waals surface area contributed by atoms with Crippen LogP contribution in [0.4, 0.5) is 0 Å². The van der Waals surface area contributed by atoms with E-state index in [1.807, 2.05) is 0 Å². The number of ether oxygens (including phenoxy) is 1. The monoisotopic (exact) mass is 1220 g/mol. The zero-order valence-electron chi connectivity index (χ0n) is 58.8. The summed E-state index contributed by atoms with van der Waals surface area (Å²) in [5.41, 5.74) is 0. The number of allylic oxidation sites excluding steroid dienone is 8. The van der Waals surface area contributed by atoms with Crippen molar-refractivity contribution in [3.63, 3.8) is 0 Å². The van der Waals surface area contributed by atoms with Crippen molar-refractivity contribution in [3.8, 4) is 0 Å². The van der Waals surface area contributed by atoms with Gasteiger partial charge in [-0.2, -0.15) is 0 Å². The molecular weight excluding hydrogens is 1070 g/mol. The van der Waals surface area contributed by atoms with E-state index in [1.165, 1.54) is 340 Å². The third-order valence-corrected chi connectivity index (χ3v) is 18.3. The Balaban J connectivity index is 3.37. The zero-order valence-corrected chi connectivity index (χ0v) is 58.8. The number of rotatable bonds is 74. The molecule has 87 heavy (non-hydrogen) atoms. The Morgan fingerprint density at radius 1 is 0.322 bits per heavy atom. The average molecular weight is 1220 g/mol. The number of hydrogen-bond acceptors (Lipinski definition) is 5. The second-order valence-electron chi connectivity index (χ2n) is 27.0. The molecule has 2 unspecified atom stereocenters. The van der Waals surface area contributed by atoms with Crippen LogP contribution in [0.25, 0.3) is 0 Å². The minimum Gasteiger partial charge on any atom is -0.466 e. The molecule has 6 heteroatoms. The third-order valence-electron chi connectivity index (χ3n) is 18.3. The summed E-state index contributed by atoms with van der Waals surface area (Å²) < 4.78 is 5.48. The molecule has 0 bridgehead atoms. The van der Waals surface area contributed by atoms with Crippen molar-refractivity contribution in [2.45, 2.75) is 443 Å². The fraction of sp³-hybridized carbons (Fsp3) is 0.877. The number of esters is 1. The van der Waals surface area contributed by atoms with Crippen LogP contribution >= 0.6 is 0 Å². The van der Waals surface area contributed by atoms with Gasteiger partial charge in [-0.15, -0.1) is 0 Å². The van der Waals surface area contributed by atoms with Gasteiger partial charge in [0.25, 0.3) is 0 Å². The van der Waals surface area contributed by atoms with Gasteiger partial charge in [0.1, 0.15) is 0 Å². The Kier molecular flexibility index (Phi) is 74.4. The van der Waals surface area contributed by atoms with E-state index in [1.54, 1.807) is 0 Å². The van der Waals surface area contributed by atoms with Gasteiger partial charge in [0.15, 0.2) is 0 Å². The smallest absolute Gasteiger partial charge is 0.305 e. The molecule has 0 aliphatic carbocycles. The first kappa shape index (κ1) is 84.8. The predicted molar refractivity (Wildman–Crippen MR) is 384 cm³/mol. The molecule has 1 amide bonds. The first-order chi connectivity index (χ1) is 43.0. The molecule has 0 aromatic carbocycles. The lowest BCUT2D eigenvalue weighted by Crippen LogP contribution is -2.45. The van der Waals surface area contributed by atoms with Crippen LogP contribution in [0.5, 0.6) is 0 Å². The Morgan fingerprint density at radius 3 is 0.920 bits per heavy atom. The van der Waals surface area contributed by atoms with E-state index >= 15 is 0 Å². The largest absolute Gasteiger partial charge is 0.466 e. The summed E-state index contributed by atoms with van der Waals surface area (Å²) in [6, 6.07) is -0.541. The van der Waals surface area contributed by atoms with Crippen molar-refractivity contribution >= 4 is 11.9 Å². The number of carbonyl (C=O) groups is 2. The van der Waals surface area contributed by atoms with Crippen molar-refractivity contribution < 1.29 is 24.5 Å². The second kappa shape index (κ2) is 76.3. The number of amides is 1. The summed E-state index contributed by atoms with van der Waals surface area (Å²) in [6.45, 7) is 4.92. The maximum atomic E-state index is 12.6. The van der Waals surface area contributed by atoms with Crippen molar-refractivity contribution in [2.75, 3.05) is 13.2 Å². The molecule has 0 spiro atoms. The molecule has 0 aliphatic rings. The fourth-order valence-electron chi connectivity index (χ4n) is 12.4. The number of nitrogens with one attached hydrogen (secondary N) is 1. The molecule has 2 atom stereocenters. The molecule has 0 rings (SSSR count). The number of carbonyl (C=O) groups excluding carboxylic acids is 2. The summed E-state index contributed by atoms with van der Waals surface area (Å²) in [7, 11) is 0. The summed E-state index contributed by atoms with van der Waals surface area (Å²) in [6.07, 6.45) is 101. The lowest BCUT2D eigenvalue weighted by molar-refractivity contribution is -0.143. The Hall–Kier alpha value is -2.18. The number of hydrogen-bond donors (Lipinski definition) is 3. The van der Waals surface area contributed by atoms with Crippen molar-refractivity contribution in [2.24, 2.45) is 0 Å². The molecule has 0 aromatic heterocycles. The van der Waals surface area contributed by atoms with Crippen LogP contribution in [-0.2, 0) is 14.3 Å². The van der Waals surface area contributed by atoms with Crippen LogP contribution in [0.2, 0.25) is 0 Å². The van der Waals surface area contributed by atoms with Crippen LogP contribution < -0.4 is 5.32 Å². The third kappa shape index (κ3) is 72.8. The van der Waals surface area contributed by atoms with Crippen LogP contribution in [0.3, 0.4) is 0 Å². The van der Waals surface area contributed by atoms with E-state index in [2.05, 4.69) is 67.8 Å². The van der Waals surface area contributed by atoms with Crippen LogP contribution in [0.15, 0.2) is 48.6 Å². The Bertz CT molecular complexity index is 1450. The summed E-state index contributed by atoms with van der Waals surface area (Å²) in [5, 5.41) is 23.4. The minimum atomic E-state index is -0.664. The van der Waals surface area contributed by atoms with Gasteiger partial charge in [-0.25, -0.2) is 0 Å². The highest BCUT2D eigenvalue weighted by atomic mass is 16.5. The minimum absolute atomic E-state index is 0.00362. The lowest BCUT2D eigenvalue weighted by Gasteiger charge is -2.22. The molecule has 0 radical (unpaired) electrons. The number of unbranched alkanes of at least 4 members (excludes halogenated alkanes) is 55. The topological polar surface area (TPSA) is 95.9 Å². The van der Waals surface area contributed by atoms with Crippen LogP contribution in [0.1, 0.15) is 431 Å². The van der Waals surface area contributed by atoms with Gasteiger partial charge in [-0.3, -0.25) is 9.59 Å². The molecule has 0 aromatic rings. The molecule has 0 aliphatic heterocycles. The van der Waals surface area contributed by atoms with Gasteiger partial charge < -0.3 is 20.3 Å². The van der Waals surface area contributed by atoms with E-state index in [0.29, 0.717) is 25.9 Å². The summed E-state index contributed by atoms with van der Waals surface area (Å²) in [4.78, 5) is 24.6. The molecule has 0 saturated heterocycles. The highest BCUT2D eigenvalue weighted by molar-refractivity contribution is 5.76. The molecule has 6 nitrogen and oxygen atoms in total. The van der Waals surface area contributed by atoms with Crippen molar-refractivity contribution in [1.29, 1.82) is 0 Å². The van der Waals surface area contributed by atoms with Crippen molar-refractivity contribution in [3.05, 3.63) is 48.6 Å². The van der Waals surface area contributed by atoms with Gasteiger partial charge in [-0.1, -0.05) is 383 Å². The van der Waals surface area contributed by atoms with E-state index in [0.717, 1.165) is 57.8 Å². The quantitative estimate of drug-likeness (QED) is 0.0320. The zero-order chi connectivity index (χ0) is 62.8. The summed E-state index contributed by atoms with van der Waals surface area (Å²) in [5.74, 6) is -0.0242. The maximum Gasteiger partial charge on any atom is 0.305 e. The SMILES string of the molecule is CCC/C=C\C/C=C\CCCCCCCC(=O)OCCCCCCCCCCCCCCC/C=C\C/C=C\CCCCCCCCCCCCCCCCCCCC(=O)NC(CO)C(O)CCCCCCCCCCCCCCCCCCCCCC. The molecule has 512 valence electrons. The van der Waals surface area contributed by atoms with Gasteiger partial charge in [0.2, 0.25) is 5.91 Å². The fourth-order valence-corrected chi connectivity index (χ4v) is 12.4. The Labute approximate surface area is 544 Å². The number of aliphatic hydroxyl groups is 2. The van der Waals surface area contributed by atoms with Crippen molar-refractivity contribution in [1.82, 2.24) is 5.32 Å². The maximum absolute atomic E-state index is 12.6. The standard InChI is InChI=1S/C81H153NO5/c1-3-5-7-9-11-13-15-17-18-19-20-40-43-46-50-53-57-61-65-69-73-79(84)78(77-83)82-80(85)74-70-66-62-58-54-51-47-44-41-38-36-34-32-30-28-26-24-22-21-23-25-27-29-31-33-35-37-39-42-45-48-52-56-60-64-68-72-76-87-81(86)75-71-67-63-59-55-49-16-14-12-10-8-6-4-2/h8,10,14,16,21,23,27,29,78-79,83-84H,3-7,9,11-13,15,17-20,22,24-26,28,30-77H2,1-2H3,(H,82,85)/b10-8-,16-14-,23-21-,29-27-. The normalized spacial score (nSPS) is 12.7. The highest BCUT2D eigenvalue weighted by Crippen LogP contribution is 2.20. The number of aliphatic hydroxyl groups excluding tert-OH is 2. The van der Waals surface area contributed by atoms with Gasteiger partial charge in [0, 0.05) is 12.8 Å². The van der Waals surface area contributed by atoms with E-state index < -0.39 is 12.1 Å². The molecular formula is C81H153NO5. The first-order valence-corrected chi connectivity index (χ1v) is 39.4. The van der Waals surface area contributed by atoms with E-state index in [4.69, 9.17) is 4.74 Å².